The molecule has 4 heteroatoms. The number of hydrogen-bond donors (Lipinski definition) is 2. The van der Waals surface area contributed by atoms with Gasteiger partial charge in [-0.2, -0.15) is 0 Å². The lowest BCUT2D eigenvalue weighted by Gasteiger charge is -2.25. The van der Waals surface area contributed by atoms with E-state index >= 15 is 0 Å². The zero-order chi connectivity index (χ0) is 15.2. The van der Waals surface area contributed by atoms with Gasteiger partial charge in [-0.1, -0.05) is 29.8 Å². The summed E-state index contributed by atoms with van der Waals surface area (Å²) in [6, 6.07) is 9.19. The van der Waals surface area contributed by atoms with Gasteiger partial charge in [-0.15, -0.1) is 0 Å². The van der Waals surface area contributed by atoms with Crippen LogP contribution in [0.4, 0.5) is 0 Å². The summed E-state index contributed by atoms with van der Waals surface area (Å²) in [5.41, 5.74) is 2.56. The smallest absolute Gasteiger partial charge is 0.191 e. The van der Waals surface area contributed by atoms with Gasteiger partial charge in [0.25, 0.3) is 0 Å². The van der Waals surface area contributed by atoms with Gasteiger partial charge in [-0.05, 0) is 45.3 Å². The molecular weight excluding hydrogens is 260 g/mol. The van der Waals surface area contributed by atoms with Gasteiger partial charge >= 0.3 is 0 Å². The second-order valence-electron chi connectivity index (χ2n) is 6.16. The van der Waals surface area contributed by atoms with Crippen LogP contribution in [0.5, 0.6) is 0 Å². The number of guanidine groups is 1. The Morgan fingerprint density at radius 2 is 1.90 bits per heavy atom. The van der Waals surface area contributed by atoms with Crippen LogP contribution in [-0.2, 0) is 6.54 Å². The third-order valence-electron chi connectivity index (χ3n) is 4.11. The fraction of sp³-hybridized carbons (Fsp3) is 0.588. The molecule has 116 valence electrons. The molecule has 1 unspecified atom stereocenters. The van der Waals surface area contributed by atoms with E-state index in [1.165, 1.54) is 24.0 Å². The summed E-state index contributed by atoms with van der Waals surface area (Å²) in [6.07, 6.45) is 2.72. The second-order valence-corrected chi connectivity index (χ2v) is 6.16. The summed E-state index contributed by atoms with van der Waals surface area (Å²) >= 11 is 0. The van der Waals surface area contributed by atoms with Crippen LogP contribution in [0.2, 0.25) is 0 Å². The maximum absolute atomic E-state index is 4.31. The van der Waals surface area contributed by atoms with Crippen molar-refractivity contribution < 1.29 is 0 Å². The van der Waals surface area contributed by atoms with Gasteiger partial charge in [0.2, 0.25) is 0 Å². The van der Waals surface area contributed by atoms with Gasteiger partial charge in [0, 0.05) is 26.2 Å². The molecular formula is C17H28N4. The summed E-state index contributed by atoms with van der Waals surface area (Å²) in [6.45, 7) is 3.86. The van der Waals surface area contributed by atoms with Crippen LogP contribution in [0.15, 0.2) is 29.3 Å². The molecule has 21 heavy (non-hydrogen) atoms. The largest absolute Gasteiger partial charge is 0.355 e. The van der Waals surface area contributed by atoms with Crippen molar-refractivity contribution in [2.45, 2.75) is 32.4 Å². The van der Waals surface area contributed by atoms with E-state index in [2.05, 4.69) is 65.8 Å². The molecule has 0 saturated heterocycles. The van der Waals surface area contributed by atoms with Crippen molar-refractivity contribution in [1.29, 1.82) is 0 Å². The molecule has 1 atom stereocenters. The molecule has 0 bridgehead atoms. The Morgan fingerprint density at radius 1 is 1.24 bits per heavy atom. The number of benzene rings is 1. The van der Waals surface area contributed by atoms with Gasteiger partial charge < -0.3 is 15.5 Å². The molecule has 2 rings (SSSR count). The Balaban J connectivity index is 1.79. The third-order valence-corrected chi connectivity index (χ3v) is 4.11. The van der Waals surface area contributed by atoms with Crippen LogP contribution in [0.3, 0.4) is 0 Å². The predicted octanol–water partition coefficient (Wildman–Crippen LogP) is 2.00. The number of nitrogens with zero attached hydrogens (tertiary/aromatic N) is 2. The van der Waals surface area contributed by atoms with E-state index in [0.717, 1.165) is 25.0 Å². The molecule has 4 nitrogen and oxygen atoms in total. The minimum atomic E-state index is 0.600. The van der Waals surface area contributed by atoms with E-state index < -0.39 is 0 Å². The summed E-state index contributed by atoms with van der Waals surface area (Å²) < 4.78 is 0. The summed E-state index contributed by atoms with van der Waals surface area (Å²) in [4.78, 5) is 6.62. The summed E-state index contributed by atoms with van der Waals surface area (Å²) in [5, 5.41) is 6.83. The molecule has 0 spiro atoms. The van der Waals surface area contributed by atoms with Crippen LogP contribution in [0.1, 0.15) is 24.0 Å². The Bertz CT molecular complexity index is 458. The molecule has 1 fully saturated rings. The topological polar surface area (TPSA) is 39.7 Å². The number of aliphatic imine (C=N–C) groups is 1. The van der Waals surface area contributed by atoms with Crippen molar-refractivity contribution in [2.24, 2.45) is 10.9 Å². The Hall–Kier alpha value is -1.55. The molecule has 0 amide bonds. The van der Waals surface area contributed by atoms with Crippen LogP contribution < -0.4 is 10.6 Å². The van der Waals surface area contributed by atoms with Gasteiger partial charge in [0.15, 0.2) is 5.96 Å². The fourth-order valence-corrected chi connectivity index (χ4v) is 2.57. The maximum Gasteiger partial charge on any atom is 0.191 e. The first-order valence-corrected chi connectivity index (χ1v) is 7.76. The normalized spacial score (nSPS) is 16.9. The van der Waals surface area contributed by atoms with Crippen LogP contribution in [0, 0.1) is 12.8 Å². The van der Waals surface area contributed by atoms with Gasteiger partial charge in [-0.3, -0.25) is 4.99 Å². The number of nitrogens with one attached hydrogen (secondary N) is 2. The number of likely N-dealkylation sites (N-methyl/N-ethyl adjacent to an activating group) is 1. The fourth-order valence-electron chi connectivity index (χ4n) is 2.57. The number of aryl methyl sites for hydroxylation is 1. The molecule has 2 N–H and O–H groups in total. The number of hydrogen-bond acceptors (Lipinski definition) is 2. The standard InChI is InChI=1S/C17H28N4/c1-13-5-7-14(8-6-13)11-19-17(18-2)20-12-16(21(3)4)15-9-10-15/h5-8,15-16H,9-12H2,1-4H3,(H2,18,19,20). The van der Waals surface area contributed by atoms with E-state index in [4.69, 9.17) is 0 Å². The maximum atomic E-state index is 4.31. The minimum absolute atomic E-state index is 0.600. The van der Waals surface area contributed by atoms with Gasteiger partial charge in [0.1, 0.15) is 0 Å². The van der Waals surface area contributed by atoms with Crippen LogP contribution in [-0.4, -0.2) is 44.6 Å². The van der Waals surface area contributed by atoms with Crippen molar-refractivity contribution in [3.63, 3.8) is 0 Å². The van der Waals surface area contributed by atoms with Gasteiger partial charge in [-0.25, -0.2) is 0 Å². The molecule has 1 aliphatic rings. The first-order valence-electron chi connectivity index (χ1n) is 7.76. The monoisotopic (exact) mass is 288 g/mol. The van der Waals surface area contributed by atoms with E-state index in [1.807, 2.05) is 7.05 Å². The highest BCUT2D eigenvalue weighted by Crippen LogP contribution is 2.34. The highest BCUT2D eigenvalue weighted by molar-refractivity contribution is 5.79. The molecule has 1 aromatic rings. The van der Waals surface area contributed by atoms with Crippen LogP contribution >= 0.6 is 0 Å². The Kier molecular flexibility index (Phi) is 5.62. The van der Waals surface area contributed by atoms with Crippen molar-refractivity contribution >= 4 is 5.96 Å². The van der Waals surface area contributed by atoms with E-state index in [-0.39, 0.29) is 0 Å². The van der Waals surface area contributed by atoms with Crippen molar-refractivity contribution in [2.75, 3.05) is 27.7 Å². The van der Waals surface area contributed by atoms with E-state index in [9.17, 15) is 0 Å². The summed E-state index contributed by atoms with van der Waals surface area (Å²) in [7, 11) is 6.15. The molecule has 0 aliphatic heterocycles. The summed E-state index contributed by atoms with van der Waals surface area (Å²) in [5.74, 6) is 1.73. The molecule has 0 aromatic heterocycles. The molecule has 1 aromatic carbocycles. The Morgan fingerprint density at radius 3 is 2.43 bits per heavy atom. The first kappa shape index (κ1) is 15.8. The van der Waals surface area contributed by atoms with Gasteiger partial charge in [0.05, 0.1) is 0 Å². The van der Waals surface area contributed by atoms with E-state index in [1.54, 1.807) is 0 Å². The molecule has 1 aliphatic carbocycles. The van der Waals surface area contributed by atoms with Crippen LogP contribution in [0.25, 0.3) is 0 Å². The highest BCUT2D eigenvalue weighted by atomic mass is 15.2. The Labute approximate surface area is 128 Å². The zero-order valence-corrected chi connectivity index (χ0v) is 13.7. The lowest BCUT2D eigenvalue weighted by molar-refractivity contribution is 0.264. The van der Waals surface area contributed by atoms with Crippen molar-refractivity contribution in [3.8, 4) is 0 Å². The first-order chi connectivity index (χ1) is 10.1. The van der Waals surface area contributed by atoms with E-state index in [0.29, 0.717) is 6.04 Å². The molecule has 0 heterocycles. The SMILES string of the molecule is CN=C(NCc1ccc(C)cc1)NCC(C1CC1)N(C)C. The molecule has 1 saturated carbocycles. The van der Waals surface area contributed by atoms with Crippen molar-refractivity contribution in [3.05, 3.63) is 35.4 Å². The predicted molar refractivity (Wildman–Crippen MR) is 89.6 cm³/mol. The lowest BCUT2D eigenvalue weighted by atomic mass is 10.1. The second kappa shape index (κ2) is 7.46. The highest BCUT2D eigenvalue weighted by Gasteiger charge is 2.32. The van der Waals surface area contributed by atoms with Crippen molar-refractivity contribution in [1.82, 2.24) is 15.5 Å². The minimum Gasteiger partial charge on any atom is -0.355 e. The molecule has 0 radical (unpaired) electrons. The lowest BCUT2D eigenvalue weighted by Crippen LogP contribution is -2.45. The number of rotatable bonds is 6. The quantitative estimate of drug-likeness (QED) is 0.621. The average Bonchev–Trinajstić information content (AvgIpc) is 3.28. The average molecular weight is 288 g/mol. The zero-order valence-electron chi connectivity index (χ0n) is 13.7. The third kappa shape index (κ3) is 5.05.